The summed E-state index contributed by atoms with van der Waals surface area (Å²) < 4.78 is 4.88. The molecule has 0 aromatic carbocycles. The Morgan fingerprint density at radius 1 is 1.37 bits per heavy atom. The number of hydrogen-bond acceptors (Lipinski definition) is 8. The molecule has 2 aromatic rings. The van der Waals surface area contributed by atoms with E-state index in [-0.39, 0.29) is 23.1 Å². The van der Waals surface area contributed by atoms with Gasteiger partial charge in [0.1, 0.15) is 10.6 Å². The third kappa shape index (κ3) is 4.17. The summed E-state index contributed by atoms with van der Waals surface area (Å²) in [6.07, 6.45) is 2.37. The summed E-state index contributed by atoms with van der Waals surface area (Å²) in [6.45, 7) is 2.62. The number of nitrogens with one attached hydrogen (secondary N) is 2. The largest absolute Gasteiger partial charge is 0.433 e. The highest BCUT2D eigenvalue weighted by Gasteiger charge is 2.26. The summed E-state index contributed by atoms with van der Waals surface area (Å²) in [6, 6.07) is 2.51. The van der Waals surface area contributed by atoms with E-state index in [4.69, 9.17) is 4.42 Å². The number of amides is 2. The molecular formula is C15H17N7O5. The van der Waals surface area contributed by atoms with Crippen LogP contribution in [0.15, 0.2) is 28.0 Å². The summed E-state index contributed by atoms with van der Waals surface area (Å²) in [5.41, 5.74) is 2.22. The molecule has 0 aliphatic carbocycles. The molecule has 12 heteroatoms. The average Bonchev–Trinajstić information content (AvgIpc) is 3.31. The zero-order chi connectivity index (χ0) is 19.4. The number of carbonyl (C=O) groups is 2. The maximum absolute atomic E-state index is 12.6. The van der Waals surface area contributed by atoms with E-state index in [1.54, 1.807) is 4.90 Å². The number of nitrogens with zero attached hydrogens (tertiary/aromatic N) is 5. The van der Waals surface area contributed by atoms with Crippen LogP contribution in [0.25, 0.3) is 0 Å². The zero-order valence-electron chi connectivity index (χ0n) is 14.4. The monoisotopic (exact) mass is 375 g/mol. The van der Waals surface area contributed by atoms with Crippen molar-refractivity contribution in [1.82, 2.24) is 25.2 Å². The predicted octanol–water partition coefficient (Wildman–Crippen LogP) is 0.0624. The Bertz CT molecular complexity index is 879. The molecule has 0 bridgehead atoms. The maximum Gasteiger partial charge on any atom is 0.433 e. The fourth-order valence-electron chi connectivity index (χ4n) is 2.51. The SMILES string of the molecule is CN1CCN(C(=O)c2[nH]cnc2C(=O)N/N=C/c2ccc([N+](=O)[O-])o2)CC1. The highest BCUT2D eigenvalue weighted by molar-refractivity contribution is 6.04. The lowest BCUT2D eigenvalue weighted by Crippen LogP contribution is -2.47. The Morgan fingerprint density at radius 2 is 2.11 bits per heavy atom. The Hall–Kier alpha value is -3.54. The number of hydrazone groups is 1. The molecule has 3 heterocycles. The minimum Gasteiger partial charge on any atom is -0.400 e. The second-order valence-corrected chi connectivity index (χ2v) is 5.85. The maximum atomic E-state index is 12.6. The highest BCUT2D eigenvalue weighted by Crippen LogP contribution is 2.14. The average molecular weight is 375 g/mol. The molecule has 27 heavy (non-hydrogen) atoms. The first-order valence-electron chi connectivity index (χ1n) is 8.04. The first-order chi connectivity index (χ1) is 13.0. The molecule has 1 aliphatic rings. The summed E-state index contributed by atoms with van der Waals surface area (Å²) >= 11 is 0. The number of H-pyrrole nitrogens is 1. The van der Waals surface area contributed by atoms with Crippen molar-refractivity contribution in [3.05, 3.63) is 45.7 Å². The molecule has 142 valence electrons. The second kappa shape index (κ2) is 7.78. The molecule has 1 fully saturated rings. The molecule has 0 radical (unpaired) electrons. The van der Waals surface area contributed by atoms with E-state index in [2.05, 4.69) is 25.4 Å². The first kappa shape index (κ1) is 18.3. The van der Waals surface area contributed by atoms with Crippen molar-refractivity contribution in [2.75, 3.05) is 33.2 Å². The number of nitro groups is 1. The van der Waals surface area contributed by atoms with Crippen LogP contribution in [0.2, 0.25) is 0 Å². The number of rotatable bonds is 5. The number of imidazole rings is 1. The van der Waals surface area contributed by atoms with Crippen LogP contribution in [0, 0.1) is 10.1 Å². The van der Waals surface area contributed by atoms with Crippen LogP contribution in [0.1, 0.15) is 26.7 Å². The van der Waals surface area contributed by atoms with Crippen LogP contribution in [0.5, 0.6) is 0 Å². The number of aromatic amines is 1. The van der Waals surface area contributed by atoms with E-state index in [9.17, 15) is 19.7 Å². The smallest absolute Gasteiger partial charge is 0.400 e. The number of aromatic nitrogens is 2. The van der Waals surface area contributed by atoms with Crippen molar-refractivity contribution in [1.29, 1.82) is 0 Å². The molecule has 2 N–H and O–H groups in total. The van der Waals surface area contributed by atoms with E-state index < -0.39 is 16.7 Å². The molecule has 0 unspecified atom stereocenters. The number of hydrogen-bond donors (Lipinski definition) is 2. The van der Waals surface area contributed by atoms with Crippen molar-refractivity contribution in [2.24, 2.45) is 5.10 Å². The van der Waals surface area contributed by atoms with E-state index in [0.29, 0.717) is 13.1 Å². The van der Waals surface area contributed by atoms with Gasteiger partial charge in [0, 0.05) is 26.2 Å². The minimum atomic E-state index is -0.689. The number of piperazine rings is 1. The molecule has 2 aromatic heterocycles. The molecule has 0 saturated carbocycles. The van der Waals surface area contributed by atoms with Crippen LogP contribution in [-0.4, -0.2) is 75.9 Å². The fraction of sp³-hybridized carbons (Fsp3) is 0.333. The van der Waals surface area contributed by atoms with Gasteiger partial charge in [0.05, 0.1) is 18.6 Å². The molecule has 0 atom stereocenters. The minimum absolute atomic E-state index is 0.0819. The van der Waals surface area contributed by atoms with Gasteiger partial charge in [0.15, 0.2) is 11.5 Å². The summed E-state index contributed by atoms with van der Waals surface area (Å²) in [5, 5.41) is 14.2. The van der Waals surface area contributed by atoms with Crippen molar-refractivity contribution in [2.45, 2.75) is 0 Å². The summed E-state index contributed by atoms with van der Waals surface area (Å²) in [7, 11) is 1.97. The van der Waals surface area contributed by atoms with Gasteiger partial charge >= 0.3 is 5.88 Å². The highest BCUT2D eigenvalue weighted by atomic mass is 16.6. The molecule has 0 spiro atoms. The van der Waals surface area contributed by atoms with Crippen LogP contribution in [0.4, 0.5) is 5.88 Å². The summed E-state index contributed by atoms with van der Waals surface area (Å²) in [5.74, 6) is -1.34. The van der Waals surface area contributed by atoms with Gasteiger partial charge in [-0.2, -0.15) is 5.10 Å². The topological polar surface area (TPSA) is 150 Å². The molecule has 3 rings (SSSR count). The second-order valence-electron chi connectivity index (χ2n) is 5.85. The molecule has 1 saturated heterocycles. The Balaban J connectivity index is 1.64. The fourth-order valence-corrected chi connectivity index (χ4v) is 2.51. The molecule has 1 aliphatic heterocycles. The Labute approximate surface area is 153 Å². The molecule has 2 amide bonds. The van der Waals surface area contributed by atoms with Gasteiger partial charge in [-0.05, 0) is 13.1 Å². The van der Waals surface area contributed by atoms with Crippen molar-refractivity contribution >= 4 is 23.9 Å². The van der Waals surface area contributed by atoms with Gasteiger partial charge in [-0.3, -0.25) is 19.7 Å². The number of carbonyl (C=O) groups excluding carboxylic acids is 2. The van der Waals surface area contributed by atoms with Crippen LogP contribution in [0.3, 0.4) is 0 Å². The van der Waals surface area contributed by atoms with Gasteiger partial charge in [-0.25, -0.2) is 10.4 Å². The standard InChI is InChI=1S/C15H17N7O5/c1-20-4-6-21(7-5-20)15(24)13-12(16-9-17-13)14(23)19-18-8-10-2-3-11(27-10)22(25)26/h2-3,8-9H,4-7H2,1H3,(H,16,17)(H,19,23)/b18-8+. The van der Waals surface area contributed by atoms with E-state index in [1.165, 1.54) is 18.5 Å². The van der Waals surface area contributed by atoms with Gasteiger partial charge in [-0.15, -0.1) is 0 Å². The van der Waals surface area contributed by atoms with E-state index in [0.717, 1.165) is 19.3 Å². The lowest BCUT2D eigenvalue weighted by molar-refractivity contribution is -0.402. The molecular weight excluding hydrogens is 358 g/mol. The zero-order valence-corrected chi connectivity index (χ0v) is 14.4. The number of likely N-dealkylation sites (N-methyl/N-ethyl adjacent to an activating group) is 1. The third-order valence-corrected chi connectivity index (χ3v) is 4.01. The molecule has 12 nitrogen and oxygen atoms in total. The van der Waals surface area contributed by atoms with Gasteiger partial charge < -0.3 is 19.2 Å². The van der Waals surface area contributed by atoms with Gasteiger partial charge in [0.25, 0.3) is 11.8 Å². The van der Waals surface area contributed by atoms with Crippen LogP contribution >= 0.6 is 0 Å². The van der Waals surface area contributed by atoms with E-state index >= 15 is 0 Å². The Kier molecular flexibility index (Phi) is 5.26. The summed E-state index contributed by atoms with van der Waals surface area (Å²) in [4.78, 5) is 45.0. The first-order valence-corrected chi connectivity index (χ1v) is 8.04. The van der Waals surface area contributed by atoms with Crippen LogP contribution in [-0.2, 0) is 0 Å². The van der Waals surface area contributed by atoms with Crippen LogP contribution < -0.4 is 5.43 Å². The van der Waals surface area contributed by atoms with Gasteiger partial charge in [0.2, 0.25) is 0 Å². The van der Waals surface area contributed by atoms with Crippen molar-refractivity contribution in [3.8, 4) is 0 Å². The van der Waals surface area contributed by atoms with Gasteiger partial charge in [-0.1, -0.05) is 0 Å². The lowest BCUT2D eigenvalue weighted by Gasteiger charge is -2.32. The third-order valence-electron chi connectivity index (χ3n) is 4.01. The number of furan rings is 1. The lowest BCUT2D eigenvalue weighted by atomic mass is 10.2. The Morgan fingerprint density at radius 3 is 2.78 bits per heavy atom. The predicted molar refractivity (Wildman–Crippen MR) is 92.4 cm³/mol. The van der Waals surface area contributed by atoms with Crippen molar-refractivity contribution < 1.29 is 18.9 Å². The van der Waals surface area contributed by atoms with Crippen molar-refractivity contribution in [3.63, 3.8) is 0 Å². The normalized spacial score (nSPS) is 15.2. The quantitative estimate of drug-likeness (QED) is 0.426. The van der Waals surface area contributed by atoms with E-state index in [1.807, 2.05) is 7.05 Å².